The van der Waals surface area contributed by atoms with Crippen LogP contribution in [-0.2, 0) is 17.1 Å². The molecular formula is C17H19N5O2S. The molecule has 0 spiro atoms. The number of hydrogen-bond donors (Lipinski definition) is 1. The molecule has 7 nitrogen and oxygen atoms in total. The van der Waals surface area contributed by atoms with Gasteiger partial charge >= 0.3 is 0 Å². The van der Waals surface area contributed by atoms with E-state index >= 15 is 0 Å². The van der Waals surface area contributed by atoms with E-state index in [2.05, 4.69) is 15.3 Å². The number of rotatable bonds is 3. The van der Waals surface area contributed by atoms with Gasteiger partial charge in [-0.05, 0) is 24.3 Å². The highest BCUT2D eigenvalue weighted by Crippen LogP contribution is 2.31. The molecule has 25 heavy (non-hydrogen) atoms. The first-order chi connectivity index (χ1) is 12.1. The van der Waals surface area contributed by atoms with Gasteiger partial charge in [-0.1, -0.05) is 6.07 Å². The standard InChI is InChI=1S/C17H19N5O2S/c1-21-10-9-20-17(21)15-12-18-8-11-22(15)25(23,24)16-6-2-5-14-13(16)4-3-7-19-14/h2-7,9-10,15,18H,8,11-12H2,1H3. The van der Waals surface area contributed by atoms with Gasteiger partial charge < -0.3 is 9.88 Å². The number of sulfonamides is 1. The number of hydrogen-bond acceptors (Lipinski definition) is 5. The number of aryl methyl sites for hydroxylation is 1. The molecule has 1 fully saturated rings. The van der Waals surface area contributed by atoms with Crippen molar-refractivity contribution in [3.63, 3.8) is 0 Å². The lowest BCUT2D eigenvalue weighted by atomic mass is 10.2. The second kappa shape index (κ2) is 6.21. The normalized spacial score (nSPS) is 19.3. The van der Waals surface area contributed by atoms with Crippen LogP contribution in [0.15, 0.2) is 53.8 Å². The molecule has 8 heteroatoms. The lowest BCUT2D eigenvalue weighted by Crippen LogP contribution is -2.49. The van der Waals surface area contributed by atoms with E-state index < -0.39 is 10.0 Å². The summed E-state index contributed by atoms with van der Waals surface area (Å²) >= 11 is 0. The van der Waals surface area contributed by atoms with Crippen LogP contribution < -0.4 is 5.32 Å². The quantitative estimate of drug-likeness (QED) is 0.764. The van der Waals surface area contributed by atoms with Crippen LogP contribution in [0, 0.1) is 0 Å². The van der Waals surface area contributed by atoms with Gasteiger partial charge in [-0.2, -0.15) is 4.31 Å². The van der Waals surface area contributed by atoms with Gasteiger partial charge in [-0.15, -0.1) is 0 Å². The van der Waals surface area contributed by atoms with Gasteiger partial charge in [-0.25, -0.2) is 13.4 Å². The molecule has 0 aliphatic carbocycles. The first-order valence-electron chi connectivity index (χ1n) is 8.12. The van der Waals surface area contributed by atoms with Gasteiger partial charge in [0.15, 0.2) is 0 Å². The van der Waals surface area contributed by atoms with Crippen LogP contribution in [0.5, 0.6) is 0 Å². The van der Waals surface area contributed by atoms with Gasteiger partial charge in [0.2, 0.25) is 10.0 Å². The molecule has 0 radical (unpaired) electrons. The van der Waals surface area contributed by atoms with E-state index in [1.54, 1.807) is 41.0 Å². The Hall–Kier alpha value is -2.29. The number of pyridine rings is 1. The molecule has 130 valence electrons. The summed E-state index contributed by atoms with van der Waals surface area (Å²) in [5.41, 5.74) is 0.673. The summed E-state index contributed by atoms with van der Waals surface area (Å²) in [6.07, 6.45) is 5.19. The molecule has 1 unspecified atom stereocenters. The van der Waals surface area contributed by atoms with Crippen molar-refractivity contribution < 1.29 is 8.42 Å². The molecule has 1 aromatic carbocycles. The Morgan fingerprint density at radius 1 is 1.16 bits per heavy atom. The molecule has 0 bridgehead atoms. The Balaban J connectivity index is 1.84. The van der Waals surface area contributed by atoms with Gasteiger partial charge in [0.25, 0.3) is 0 Å². The monoisotopic (exact) mass is 357 g/mol. The third kappa shape index (κ3) is 2.72. The van der Waals surface area contributed by atoms with Gasteiger partial charge in [0, 0.05) is 50.7 Å². The predicted octanol–water partition coefficient (Wildman–Crippen LogP) is 1.30. The minimum absolute atomic E-state index is 0.291. The van der Waals surface area contributed by atoms with Crippen molar-refractivity contribution in [1.82, 2.24) is 24.2 Å². The Kier molecular flexibility index (Phi) is 4.03. The summed E-state index contributed by atoms with van der Waals surface area (Å²) < 4.78 is 30.3. The largest absolute Gasteiger partial charge is 0.337 e. The molecule has 3 heterocycles. The Labute approximate surface area is 146 Å². The number of imidazole rings is 1. The van der Waals surface area contributed by atoms with Crippen LogP contribution in [0.25, 0.3) is 10.9 Å². The summed E-state index contributed by atoms with van der Waals surface area (Å²) in [6.45, 7) is 1.55. The molecule has 0 amide bonds. The van der Waals surface area contributed by atoms with E-state index in [1.807, 2.05) is 23.9 Å². The first-order valence-corrected chi connectivity index (χ1v) is 9.56. The summed E-state index contributed by atoms with van der Waals surface area (Å²) in [6, 6.07) is 8.42. The highest BCUT2D eigenvalue weighted by Gasteiger charge is 2.37. The van der Waals surface area contributed by atoms with Crippen LogP contribution in [0.2, 0.25) is 0 Å². The Morgan fingerprint density at radius 3 is 2.84 bits per heavy atom. The van der Waals surface area contributed by atoms with E-state index in [0.29, 0.717) is 35.4 Å². The molecule has 1 aliphatic rings. The molecular weight excluding hydrogens is 338 g/mol. The van der Waals surface area contributed by atoms with E-state index in [0.717, 1.165) is 5.82 Å². The lowest BCUT2D eigenvalue weighted by Gasteiger charge is -2.34. The number of nitrogens with one attached hydrogen (secondary N) is 1. The van der Waals surface area contributed by atoms with Crippen molar-refractivity contribution in [2.24, 2.45) is 7.05 Å². The van der Waals surface area contributed by atoms with Crippen molar-refractivity contribution in [3.05, 3.63) is 54.7 Å². The fraction of sp³-hybridized carbons (Fsp3) is 0.294. The molecule has 4 rings (SSSR count). The summed E-state index contributed by atoms with van der Waals surface area (Å²) in [5.74, 6) is 0.731. The first kappa shape index (κ1) is 16.2. The molecule has 2 aromatic heterocycles. The number of nitrogens with zero attached hydrogens (tertiary/aromatic N) is 4. The highest BCUT2D eigenvalue weighted by molar-refractivity contribution is 7.89. The van der Waals surface area contributed by atoms with Crippen molar-refractivity contribution in [2.75, 3.05) is 19.6 Å². The predicted molar refractivity (Wildman–Crippen MR) is 94.5 cm³/mol. The fourth-order valence-corrected chi connectivity index (χ4v) is 5.11. The number of piperazine rings is 1. The third-order valence-electron chi connectivity index (χ3n) is 4.54. The van der Waals surface area contributed by atoms with E-state index in [9.17, 15) is 8.42 Å². The number of benzene rings is 1. The molecule has 1 N–H and O–H groups in total. The zero-order valence-corrected chi connectivity index (χ0v) is 14.6. The fourth-order valence-electron chi connectivity index (χ4n) is 3.32. The average molecular weight is 357 g/mol. The second-order valence-corrected chi connectivity index (χ2v) is 7.92. The molecule has 1 aliphatic heterocycles. The van der Waals surface area contributed by atoms with Gasteiger partial charge in [-0.3, -0.25) is 4.98 Å². The van der Waals surface area contributed by atoms with Gasteiger partial charge in [0.05, 0.1) is 16.5 Å². The summed E-state index contributed by atoms with van der Waals surface area (Å²) in [5, 5.41) is 3.91. The maximum Gasteiger partial charge on any atom is 0.244 e. The van der Waals surface area contributed by atoms with Crippen molar-refractivity contribution >= 4 is 20.9 Å². The van der Waals surface area contributed by atoms with Crippen LogP contribution >= 0.6 is 0 Å². The van der Waals surface area contributed by atoms with Crippen LogP contribution in [-0.4, -0.2) is 46.9 Å². The van der Waals surface area contributed by atoms with Crippen molar-refractivity contribution in [1.29, 1.82) is 0 Å². The number of fused-ring (bicyclic) bond motifs is 1. The maximum atomic E-state index is 13.5. The molecule has 1 atom stereocenters. The Bertz CT molecular complexity index is 1010. The second-order valence-electron chi connectivity index (χ2n) is 6.06. The van der Waals surface area contributed by atoms with Crippen molar-refractivity contribution in [3.8, 4) is 0 Å². The van der Waals surface area contributed by atoms with Gasteiger partial charge in [0.1, 0.15) is 5.82 Å². The highest BCUT2D eigenvalue weighted by atomic mass is 32.2. The number of aromatic nitrogens is 3. The molecule has 0 saturated carbocycles. The molecule has 1 saturated heterocycles. The summed E-state index contributed by atoms with van der Waals surface area (Å²) in [4.78, 5) is 8.93. The zero-order chi connectivity index (χ0) is 17.4. The zero-order valence-electron chi connectivity index (χ0n) is 13.8. The third-order valence-corrected chi connectivity index (χ3v) is 6.51. The van der Waals surface area contributed by atoms with Crippen LogP contribution in [0.4, 0.5) is 0 Å². The topological polar surface area (TPSA) is 80.1 Å². The van der Waals surface area contributed by atoms with Crippen LogP contribution in [0.1, 0.15) is 11.9 Å². The minimum atomic E-state index is -3.68. The van der Waals surface area contributed by atoms with Crippen molar-refractivity contribution in [2.45, 2.75) is 10.9 Å². The average Bonchev–Trinajstić information content (AvgIpc) is 3.07. The molecule has 3 aromatic rings. The van der Waals surface area contributed by atoms with E-state index in [4.69, 9.17) is 0 Å². The Morgan fingerprint density at radius 2 is 2.04 bits per heavy atom. The minimum Gasteiger partial charge on any atom is -0.337 e. The van der Waals surface area contributed by atoms with E-state index in [1.165, 1.54) is 0 Å². The summed E-state index contributed by atoms with van der Waals surface area (Å²) in [7, 11) is -1.80. The van der Waals surface area contributed by atoms with Crippen LogP contribution in [0.3, 0.4) is 0 Å². The smallest absolute Gasteiger partial charge is 0.244 e. The SMILES string of the molecule is Cn1ccnc1C1CNCCN1S(=O)(=O)c1cccc2ncccc12. The van der Waals surface area contributed by atoms with E-state index in [-0.39, 0.29) is 6.04 Å². The lowest BCUT2D eigenvalue weighted by molar-refractivity contribution is 0.258. The maximum absolute atomic E-state index is 13.5.